The van der Waals surface area contributed by atoms with Crippen LogP contribution < -0.4 is 5.32 Å². The molecule has 2 N–H and O–H groups in total. The highest BCUT2D eigenvalue weighted by Crippen LogP contribution is 2.39. The molecule has 2 fully saturated rings. The highest BCUT2D eigenvalue weighted by atomic mass is 32.2. The van der Waals surface area contributed by atoms with E-state index in [4.69, 9.17) is 0 Å². The van der Waals surface area contributed by atoms with E-state index in [-0.39, 0.29) is 30.0 Å². The minimum atomic E-state index is -3.18. The highest BCUT2D eigenvalue weighted by molar-refractivity contribution is 7.91. The third-order valence-electron chi connectivity index (χ3n) is 4.78. The second-order valence-electron chi connectivity index (χ2n) is 6.38. The van der Waals surface area contributed by atoms with Gasteiger partial charge >= 0.3 is 6.03 Å². The van der Waals surface area contributed by atoms with Gasteiger partial charge in [-0.05, 0) is 19.3 Å². The highest BCUT2D eigenvalue weighted by Gasteiger charge is 2.43. The fourth-order valence-corrected chi connectivity index (χ4v) is 4.38. The molecule has 0 aromatic carbocycles. The molecule has 0 bridgehead atoms. The largest absolute Gasteiger partial charge is 0.389 e. The monoisotopic (exact) mass is 330 g/mol. The van der Waals surface area contributed by atoms with Crippen LogP contribution in [0.1, 0.15) is 32.1 Å². The molecule has 126 valence electrons. The van der Waals surface area contributed by atoms with E-state index < -0.39 is 15.4 Å². The van der Waals surface area contributed by atoms with Gasteiger partial charge in [-0.1, -0.05) is 18.9 Å². The van der Waals surface area contributed by atoms with Crippen LogP contribution in [0.15, 0.2) is 12.7 Å². The van der Waals surface area contributed by atoms with Crippen LogP contribution >= 0.6 is 0 Å². The molecule has 1 saturated heterocycles. The fraction of sp³-hybridized carbons (Fsp3) is 0.800. The van der Waals surface area contributed by atoms with Crippen LogP contribution in [0, 0.1) is 5.92 Å². The number of nitrogens with zero attached hydrogens (tertiary/aromatic N) is 1. The lowest BCUT2D eigenvalue weighted by molar-refractivity contribution is -0.0870. The van der Waals surface area contributed by atoms with Crippen LogP contribution in [0.4, 0.5) is 4.79 Å². The van der Waals surface area contributed by atoms with Crippen LogP contribution in [0.2, 0.25) is 0 Å². The van der Waals surface area contributed by atoms with Gasteiger partial charge in [0.15, 0.2) is 9.84 Å². The summed E-state index contributed by atoms with van der Waals surface area (Å²) in [6.45, 7) is 4.60. The van der Waals surface area contributed by atoms with E-state index in [1.54, 1.807) is 4.90 Å². The first-order valence-electron chi connectivity index (χ1n) is 7.93. The number of carbonyl (C=O) groups excluding carboxylic acids is 1. The molecule has 0 aromatic rings. The zero-order valence-electron chi connectivity index (χ0n) is 13.0. The van der Waals surface area contributed by atoms with Crippen LogP contribution in [0.3, 0.4) is 0 Å². The van der Waals surface area contributed by atoms with E-state index >= 15 is 0 Å². The number of fused-ring (bicyclic) bond motifs is 1. The summed E-state index contributed by atoms with van der Waals surface area (Å²) in [5.74, 6) is -0.00143. The molecular formula is C15H26N2O4S. The molecule has 7 heteroatoms. The predicted octanol–water partition coefficient (Wildman–Crippen LogP) is 0.924. The van der Waals surface area contributed by atoms with Crippen molar-refractivity contribution in [2.75, 3.05) is 31.1 Å². The average molecular weight is 330 g/mol. The average Bonchev–Trinajstić information content (AvgIpc) is 2.45. The van der Waals surface area contributed by atoms with Crippen molar-refractivity contribution in [1.29, 1.82) is 0 Å². The number of nitrogens with one attached hydrogen (secondary N) is 1. The molecule has 1 heterocycles. The van der Waals surface area contributed by atoms with Crippen LogP contribution in [-0.4, -0.2) is 61.2 Å². The second-order valence-corrected chi connectivity index (χ2v) is 8.61. The summed E-state index contributed by atoms with van der Waals surface area (Å²) >= 11 is 0. The van der Waals surface area contributed by atoms with Crippen molar-refractivity contribution >= 4 is 15.9 Å². The topological polar surface area (TPSA) is 86.7 Å². The summed E-state index contributed by atoms with van der Waals surface area (Å²) < 4.78 is 23.1. The van der Waals surface area contributed by atoms with E-state index in [0.717, 1.165) is 25.7 Å². The molecule has 2 atom stereocenters. The minimum absolute atomic E-state index is 0.0678. The summed E-state index contributed by atoms with van der Waals surface area (Å²) in [7, 11) is -3.18. The maximum Gasteiger partial charge on any atom is 0.317 e. The Kier molecular flexibility index (Phi) is 5.50. The first-order valence-corrected chi connectivity index (χ1v) is 9.75. The third kappa shape index (κ3) is 4.23. The number of carbonyl (C=O) groups is 1. The van der Waals surface area contributed by atoms with Crippen LogP contribution in [-0.2, 0) is 9.84 Å². The van der Waals surface area contributed by atoms with E-state index in [1.165, 1.54) is 6.08 Å². The molecule has 1 aliphatic carbocycles. The lowest BCUT2D eigenvalue weighted by Gasteiger charge is -2.47. The first-order chi connectivity index (χ1) is 10.4. The number of piperidine rings is 1. The van der Waals surface area contributed by atoms with Gasteiger partial charge in [-0.15, -0.1) is 6.58 Å². The number of amides is 2. The third-order valence-corrected chi connectivity index (χ3v) is 6.35. The smallest absolute Gasteiger partial charge is 0.317 e. The fourth-order valence-electron chi connectivity index (χ4n) is 3.44. The maximum absolute atomic E-state index is 12.1. The Morgan fingerprint density at radius 2 is 2.18 bits per heavy atom. The van der Waals surface area contributed by atoms with Crippen molar-refractivity contribution in [1.82, 2.24) is 10.2 Å². The predicted molar refractivity (Wildman–Crippen MR) is 85.3 cm³/mol. The van der Waals surface area contributed by atoms with E-state index in [1.807, 2.05) is 0 Å². The summed E-state index contributed by atoms with van der Waals surface area (Å²) in [6.07, 6.45) is 5.90. The van der Waals surface area contributed by atoms with Gasteiger partial charge in [0.1, 0.15) is 0 Å². The Hall–Kier alpha value is -1.08. The SMILES string of the molecule is C=CCS(=O)(=O)CCNC(=O)N1CC[C@]2(O)CCCC[C@@H]2C1. The second kappa shape index (κ2) is 7.00. The van der Waals surface area contributed by atoms with Gasteiger partial charge in [0, 0.05) is 25.6 Å². The van der Waals surface area contributed by atoms with Crippen molar-refractivity contribution in [3.63, 3.8) is 0 Å². The number of sulfone groups is 1. The van der Waals surface area contributed by atoms with Gasteiger partial charge in [0.05, 0.1) is 17.1 Å². The molecule has 0 radical (unpaired) electrons. The standard InChI is InChI=1S/C15H26N2O4S/c1-2-10-22(20,21)11-8-16-14(18)17-9-7-15(19)6-4-3-5-13(15)12-17/h2,13,19H,1,3-12H2,(H,16,18)/t13-,15-/m1/s1. The van der Waals surface area contributed by atoms with Gasteiger partial charge in [0.2, 0.25) is 0 Å². The Balaban J connectivity index is 1.80. The van der Waals surface area contributed by atoms with Gasteiger partial charge in [0.25, 0.3) is 0 Å². The number of hydrogen-bond acceptors (Lipinski definition) is 4. The van der Waals surface area contributed by atoms with Crippen LogP contribution in [0.25, 0.3) is 0 Å². The summed E-state index contributed by atoms with van der Waals surface area (Å²) in [5.41, 5.74) is -0.609. The number of hydrogen-bond donors (Lipinski definition) is 2. The summed E-state index contributed by atoms with van der Waals surface area (Å²) in [4.78, 5) is 13.8. The molecule has 2 aliphatic rings. The van der Waals surface area contributed by atoms with Crippen molar-refractivity contribution in [2.24, 2.45) is 5.92 Å². The van der Waals surface area contributed by atoms with E-state index in [0.29, 0.717) is 19.5 Å². The summed E-state index contributed by atoms with van der Waals surface area (Å²) in [5, 5.41) is 13.3. The van der Waals surface area contributed by atoms with Gasteiger partial charge in [-0.25, -0.2) is 13.2 Å². The lowest BCUT2D eigenvalue weighted by atomic mass is 9.71. The zero-order valence-corrected chi connectivity index (χ0v) is 13.8. The summed E-state index contributed by atoms with van der Waals surface area (Å²) in [6, 6.07) is -0.235. The van der Waals surface area contributed by atoms with Crippen molar-refractivity contribution in [3.05, 3.63) is 12.7 Å². The maximum atomic E-state index is 12.1. The lowest BCUT2D eigenvalue weighted by Crippen LogP contribution is -2.56. The van der Waals surface area contributed by atoms with E-state index in [9.17, 15) is 18.3 Å². The molecule has 0 unspecified atom stereocenters. The number of likely N-dealkylation sites (tertiary alicyclic amines) is 1. The van der Waals surface area contributed by atoms with Crippen molar-refractivity contribution in [3.8, 4) is 0 Å². The molecule has 0 spiro atoms. The number of urea groups is 1. The zero-order chi connectivity index (χ0) is 16.2. The molecule has 0 aromatic heterocycles. The molecule has 1 saturated carbocycles. The van der Waals surface area contributed by atoms with Crippen molar-refractivity contribution in [2.45, 2.75) is 37.7 Å². The molecule has 6 nitrogen and oxygen atoms in total. The van der Waals surface area contributed by atoms with Gasteiger partial charge < -0.3 is 15.3 Å². The number of rotatable bonds is 5. The Labute approximate surface area is 132 Å². The molecule has 2 rings (SSSR count). The Morgan fingerprint density at radius 3 is 2.91 bits per heavy atom. The van der Waals surface area contributed by atoms with Gasteiger partial charge in [-0.2, -0.15) is 0 Å². The molecular weight excluding hydrogens is 304 g/mol. The molecule has 22 heavy (non-hydrogen) atoms. The Bertz CT molecular complexity index is 520. The molecule has 2 amide bonds. The quantitative estimate of drug-likeness (QED) is 0.734. The minimum Gasteiger partial charge on any atom is -0.389 e. The first kappa shape index (κ1) is 17.3. The van der Waals surface area contributed by atoms with Crippen molar-refractivity contribution < 1.29 is 18.3 Å². The van der Waals surface area contributed by atoms with E-state index in [2.05, 4.69) is 11.9 Å². The van der Waals surface area contributed by atoms with Crippen LogP contribution in [0.5, 0.6) is 0 Å². The van der Waals surface area contributed by atoms with Gasteiger partial charge in [-0.3, -0.25) is 0 Å². The number of aliphatic hydroxyl groups is 1. The normalized spacial score (nSPS) is 28.8. The molecule has 1 aliphatic heterocycles. The Morgan fingerprint density at radius 1 is 1.41 bits per heavy atom.